The summed E-state index contributed by atoms with van der Waals surface area (Å²) in [5.41, 5.74) is -1.80. The van der Waals surface area contributed by atoms with Crippen LogP contribution in [-0.4, -0.2) is 43.9 Å². The molecule has 100 valence electrons. The van der Waals surface area contributed by atoms with Crippen LogP contribution in [0.5, 0.6) is 0 Å². The third-order valence-corrected chi connectivity index (χ3v) is 4.17. The number of sulfonamides is 1. The summed E-state index contributed by atoms with van der Waals surface area (Å²) in [6.07, 6.45) is 2.82. The second kappa shape index (κ2) is 4.81. The summed E-state index contributed by atoms with van der Waals surface area (Å²) in [4.78, 5) is 13.6. The van der Waals surface area contributed by atoms with Crippen molar-refractivity contribution in [2.24, 2.45) is 0 Å². The van der Waals surface area contributed by atoms with Gasteiger partial charge in [-0.1, -0.05) is 0 Å². The van der Waals surface area contributed by atoms with Gasteiger partial charge in [0, 0.05) is 38.0 Å². The van der Waals surface area contributed by atoms with E-state index in [2.05, 4.69) is 9.71 Å². The van der Waals surface area contributed by atoms with Crippen LogP contribution < -0.4 is 10.2 Å². The van der Waals surface area contributed by atoms with Crippen molar-refractivity contribution in [1.29, 1.82) is 0 Å². The highest BCUT2D eigenvalue weighted by Gasteiger charge is 2.34. The molecule has 0 radical (unpaired) electrons. The monoisotopic (exact) mass is 274 g/mol. The van der Waals surface area contributed by atoms with Crippen molar-refractivity contribution in [2.75, 3.05) is 19.8 Å². The molecule has 0 bridgehead atoms. The minimum atomic E-state index is -3.93. The second-order valence-corrected chi connectivity index (χ2v) is 5.96. The van der Waals surface area contributed by atoms with E-state index in [4.69, 9.17) is 4.74 Å². The fraction of sp³-hybridized carbons (Fsp3) is 0.500. The number of rotatable bonds is 4. The van der Waals surface area contributed by atoms with Crippen LogP contribution >= 0.6 is 0 Å². The molecular formula is C10H14N2O5S. The van der Waals surface area contributed by atoms with Crippen LogP contribution in [0, 0.1) is 0 Å². The first-order chi connectivity index (χ1) is 8.43. The minimum Gasteiger partial charge on any atom is -0.386 e. The highest BCUT2D eigenvalue weighted by atomic mass is 32.2. The molecule has 1 saturated heterocycles. The molecule has 7 nitrogen and oxygen atoms in total. The maximum Gasteiger partial charge on any atom is 0.246 e. The van der Waals surface area contributed by atoms with Crippen LogP contribution in [0.25, 0.3) is 0 Å². The quantitative estimate of drug-likeness (QED) is 0.639. The van der Waals surface area contributed by atoms with E-state index in [1.807, 2.05) is 0 Å². The summed E-state index contributed by atoms with van der Waals surface area (Å²) in [6.45, 7) is 0.300. The van der Waals surface area contributed by atoms with Gasteiger partial charge >= 0.3 is 0 Å². The van der Waals surface area contributed by atoms with Crippen molar-refractivity contribution in [2.45, 2.75) is 16.9 Å². The lowest BCUT2D eigenvalue weighted by Gasteiger charge is -2.20. The van der Waals surface area contributed by atoms with Crippen molar-refractivity contribution in [3.05, 3.63) is 28.7 Å². The van der Waals surface area contributed by atoms with E-state index < -0.39 is 21.1 Å². The first-order valence-electron chi connectivity index (χ1n) is 5.40. The van der Waals surface area contributed by atoms with Gasteiger partial charge in [-0.3, -0.25) is 4.79 Å². The van der Waals surface area contributed by atoms with Gasteiger partial charge in [-0.2, -0.15) is 0 Å². The fourth-order valence-corrected chi connectivity index (χ4v) is 2.82. The average molecular weight is 274 g/mol. The zero-order chi connectivity index (χ0) is 13.2. The SMILES string of the molecule is O=c1cc[nH]cc1S(=O)(=O)NCC1(O)CCOC1. The molecule has 1 aromatic heterocycles. The lowest BCUT2D eigenvalue weighted by Crippen LogP contribution is -2.44. The van der Waals surface area contributed by atoms with Gasteiger partial charge in [0.15, 0.2) is 0 Å². The summed E-state index contributed by atoms with van der Waals surface area (Å²) in [7, 11) is -3.93. The zero-order valence-corrected chi connectivity index (χ0v) is 10.4. The molecule has 1 aromatic rings. The average Bonchev–Trinajstić information content (AvgIpc) is 2.75. The van der Waals surface area contributed by atoms with Crippen molar-refractivity contribution in [1.82, 2.24) is 9.71 Å². The van der Waals surface area contributed by atoms with E-state index in [1.54, 1.807) is 0 Å². The number of nitrogens with one attached hydrogen (secondary N) is 2. The summed E-state index contributed by atoms with van der Waals surface area (Å²) >= 11 is 0. The maximum absolute atomic E-state index is 11.9. The first-order valence-corrected chi connectivity index (χ1v) is 6.88. The topological polar surface area (TPSA) is 108 Å². The molecule has 2 heterocycles. The van der Waals surface area contributed by atoms with E-state index in [9.17, 15) is 18.3 Å². The maximum atomic E-state index is 11.9. The number of hydrogen-bond donors (Lipinski definition) is 3. The van der Waals surface area contributed by atoms with E-state index in [0.29, 0.717) is 13.0 Å². The third-order valence-electron chi connectivity index (χ3n) is 2.75. The lowest BCUT2D eigenvalue weighted by atomic mass is 10.1. The predicted molar refractivity (Wildman–Crippen MR) is 62.6 cm³/mol. The van der Waals surface area contributed by atoms with Crippen molar-refractivity contribution < 1.29 is 18.3 Å². The molecular weight excluding hydrogens is 260 g/mol. The van der Waals surface area contributed by atoms with Crippen LogP contribution in [0.15, 0.2) is 28.2 Å². The Labute approximate surface area is 104 Å². The van der Waals surface area contributed by atoms with Crippen LogP contribution in [0.3, 0.4) is 0 Å². The van der Waals surface area contributed by atoms with Crippen molar-refractivity contribution >= 4 is 10.0 Å². The molecule has 2 rings (SSSR count). The van der Waals surface area contributed by atoms with Crippen LogP contribution in [0.1, 0.15) is 6.42 Å². The predicted octanol–water partition coefficient (Wildman–Crippen LogP) is -1.20. The number of aliphatic hydroxyl groups is 1. The second-order valence-electron chi connectivity index (χ2n) is 4.22. The van der Waals surface area contributed by atoms with E-state index in [-0.39, 0.29) is 18.0 Å². The fourth-order valence-electron chi connectivity index (χ4n) is 1.65. The molecule has 1 atom stereocenters. The smallest absolute Gasteiger partial charge is 0.246 e. The van der Waals surface area contributed by atoms with Gasteiger partial charge in [-0.05, 0) is 0 Å². The normalized spacial score (nSPS) is 24.3. The van der Waals surface area contributed by atoms with Gasteiger partial charge in [-0.15, -0.1) is 0 Å². The molecule has 1 fully saturated rings. The summed E-state index contributed by atoms with van der Waals surface area (Å²) < 4.78 is 31.0. The molecule has 0 saturated carbocycles. The Balaban J connectivity index is 2.13. The van der Waals surface area contributed by atoms with Gasteiger partial charge in [-0.25, -0.2) is 13.1 Å². The highest BCUT2D eigenvalue weighted by Crippen LogP contribution is 2.17. The van der Waals surface area contributed by atoms with Crippen molar-refractivity contribution in [3.8, 4) is 0 Å². The third kappa shape index (κ3) is 2.78. The molecule has 3 N–H and O–H groups in total. The summed E-state index contributed by atoms with van der Waals surface area (Å²) in [6, 6.07) is 1.13. The number of pyridine rings is 1. The van der Waals surface area contributed by atoms with Crippen LogP contribution in [0.4, 0.5) is 0 Å². The van der Waals surface area contributed by atoms with Gasteiger partial charge in [0.25, 0.3) is 0 Å². The van der Waals surface area contributed by atoms with Gasteiger partial charge < -0.3 is 14.8 Å². The Hall–Kier alpha value is -1.22. The standard InChI is InChI=1S/C10H14N2O5S/c13-8-1-3-11-5-9(8)18(15,16)12-6-10(14)2-4-17-7-10/h1,3,5,12,14H,2,4,6-7H2,(H,11,13). The summed E-state index contributed by atoms with van der Waals surface area (Å²) in [5.74, 6) is 0. The Morgan fingerprint density at radius 1 is 1.56 bits per heavy atom. The molecule has 0 amide bonds. The Morgan fingerprint density at radius 2 is 2.33 bits per heavy atom. The first kappa shape index (κ1) is 13.2. The van der Waals surface area contributed by atoms with E-state index in [0.717, 1.165) is 12.3 Å². The molecule has 1 unspecified atom stereocenters. The Kier molecular flexibility index (Phi) is 3.53. The minimum absolute atomic E-state index is 0.0840. The Morgan fingerprint density at radius 3 is 2.94 bits per heavy atom. The van der Waals surface area contributed by atoms with Gasteiger partial charge in [0.1, 0.15) is 10.5 Å². The summed E-state index contributed by atoms with van der Waals surface area (Å²) in [5, 5.41) is 9.93. The van der Waals surface area contributed by atoms with Gasteiger partial charge in [0.2, 0.25) is 15.5 Å². The molecule has 18 heavy (non-hydrogen) atoms. The molecule has 8 heteroatoms. The largest absolute Gasteiger partial charge is 0.386 e. The molecule has 0 aromatic carbocycles. The molecule has 0 spiro atoms. The van der Waals surface area contributed by atoms with Crippen molar-refractivity contribution in [3.63, 3.8) is 0 Å². The number of H-pyrrole nitrogens is 1. The number of ether oxygens (including phenoxy) is 1. The van der Waals surface area contributed by atoms with E-state index >= 15 is 0 Å². The highest BCUT2D eigenvalue weighted by molar-refractivity contribution is 7.89. The van der Waals surface area contributed by atoms with Crippen LogP contribution in [0.2, 0.25) is 0 Å². The molecule has 1 aliphatic heterocycles. The number of hydrogen-bond acceptors (Lipinski definition) is 5. The number of aromatic amines is 1. The zero-order valence-electron chi connectivity index (χ0n) is 9.55. The molecule has 1 aliphatic rings. The number of aromatic nitrogens is 1. The molecule has 0 aliphatic carbocycles. The van der Waals surface area contributed by atoms with Gasteiger partial charge in [0.05, 0.1) is 6.61 Å². The van der Waals surface area contributed by atoms with Crippen LogP contribution in [-0.2, 0) is 14.8 Å². The Bertz CT molecular complexity index is 574. The van der Waals surface area contributed by atoms with E-state index in [1.165, 1.54) is 6.20 Å². The lowest BCUT2D eigenvalue weighted by molar-refractivity contribution is 0.0314.